The molecule has 0 aliphatic carbocycles. The van der Waals surface area contributed by atoms with Gasteiger partial charge in [0.25, 0.3) is 0 Å². The van der Waals surface area contributed by atoms with Crippen molar-refractivity contribution in [3.63, 3.8) is 0 Å². The van der Waals surface area contributed by atoms with Gasteiger partial charge >= 0.3 is 0 Å². The van der Waals surface area contributed by atoms with E-state index in [1.54, 1.807) is 0 Å². The van der Waals surface area contributed by atoms with Gasteiger partial charge in [-0.3, -0.25) is 19.2 Å². The molecule has 5 rings (SSSR count). The highest BCUT2D eigenvalue weighted by Crippen LogP contribution is 2.24. The van der Waals surface area contributed by atoms with E-state index in [0.717, 1.165) is 84.7 Å². The van der Waals surface area contributed by atoms with Gasteiger partial charge in [0, 0.05) is 74.9 Å². The molecule has 5 heterocycles. The van der Waals surface area contributed by atoms with E-state index in [9.17, 15) is 0 Å². The van der Waals surface area contributed by atoms with Crippen LogP contribution >= 0.6 is 0 Å². The minimum Gasteiger partial charge on any atom is -0.359 e. The summed E-state index contributed by atoms with van der Waals surface area (Å²) in [5, 5.41) is 17.1. The lowest BCUT2D eigenvalue weighted by Crippen LogP contribution is -2.45. The van der Waals surface area contributed by atoms with Crippen molar-refractivity contribution in [2.45, 2.75) is 26.9 Å². The second kappa shape index (κ2) is 8.36. The molecule has 0 N–H and O–H groups in total. The minimum atomic E-state index is 0.757. The highest BCUT2D eigenvalue weighted by Gasteiger charge is 2.21. The SMILES string of the molecule is Cc1c(-c2cc(CN3CCN(Cc4cc(-c5cnn(C)c5C)no4)CC3)on2)cnn1C. The van der Waals surface area contributed by atoms with Crippen molar-refractivity contribution in [3.05, 3.63) is 47.4 Å². The Balaban J connectivity index is 1.14. The number of rotatable bonds is 6. The lowest BCUT2D eigenvalue weighted by molar-refractivity contribution is 0.106. The first-order valence-corrected chi connectivity index (χ1v) is 10.8. The molecule has 1 fully saturated rings. The molecule has 0 aromatic carbocycles. The fourth-order valence-corrected chi connectivity index (χ4v) is 4.08. The number of piperazine rings is 1. The van der Waals surface area contributed by atoms with Crippen LogP contribution in [0.2, 0.25) is 0 Å². The minimum absolute atomic E-state index is 0.757. The monoisotopic (exact) mass is 436 g/mol. The van der Waals surface area contributed by atoms with Gasteiger partial charge in [-0.2, -0.15) is 10.2 Å². The van der Waals surface area contributed by atoms with Gasteiger partial charge in [0.15, 0.2) is 11.5 Å². The topological polar surface area (TPSA) is 94.2 Å². The summed E-state index contributed by atoms with van der Waals surface area (Å²) in [6.07, 6.45) is 3.67. The van der Waals surface area contributed by atoms with Gasteiger partial charge in [-0.25, -0.2) is 0 Å². The highest BCUT2D eigenvalue weighted by molar-refractivity contribution is 5.61. The summed E-state index contributed by atoms with van der Waals surface area (Å²) < 4.78 is 14.9. The largest absolute Gasteiger partial charge is 0.359 e. The van der Waals surface area contributed by atoms with E-state index in [2.05, 4.69) is 30.3 Å². The van der Waals surface area contributed by atoms with Crippen molar-refractivity contribution >= 4 is 0 Å². The molecule has 4 aromatic rings. The fraction of sp³-hybridized carbons (Fsp3) is 0.455. The van der Waals surface area contributed by atoms with Crippen molar-refractivity contribution in [1.82, 2.24) is 39.7 Å². The number of hydrogen-bond acceptors (Lipinski definition) is 8. The number of aryl methyl sites for hydroxylation is 2. The van der Waals surface area contributed by atoms with Crippen molar-refractivity contribution in [3.8, 4) is 22.5 Å². The second-order valence-electron chi connectivity index (χ2n) is 8.44. The molecule has 1 saturated heterocycles. The molecule has 0 bridgehead atoms. The van der Waals surface area contributed by atoms with Crippen molar-refractivity contribution in [2.75, 3.05) is 26.2 Å². The normalized spacial score (nSPS) is 15.6. The Labute approximate surface area is 186 Å². The molecule has 1 aliphatic rings. The molecule has 0 spiro atoms. The summed E-state index contributed by atoms with van der Waals surface area (Å²) in [4.78, 5) is 4.78. The Hall–Kier alpha value is -3.24. The molecule has 1 aliphatic heterocycles. The van der Waals surface area contributed by atoms with Gasteiger partial charge in [0.1, 0.15) is 11.4 Å². The third-order valence-electron chi connectivity index (χ3n) is 6.36. The van der Waals surface area contributed by atoms with Crippen molar-refractivity contribution < 1.29 is 9.05 Å². The van der Waals surface area contributed by atoms with Crippen LogP contribution in [0, 0.1) is 13.8 Å². The average Bonchev–Trinajstić information content (AvgIpc) is 3.56. The van der Waals surface area contributed by atoms with Crippen LogP contribution < -0.4 is 0 Å². The summed E-state index contributed by atoms with van der Waals surface area (Å²) in [6.45, 7) is 9.43. The molecule has 4 aromatic heterocycles. The summed E-state index contributed by atoms with van der Waals surface area (Å²) >= 11 is 0. The molecule has 32 heavy (non-hydrogen) atoms. The number of nitrogens with zero attached hydrogens (tertiary/aromatic N) is 8. The van der Waals surface area contributed by atoms with E-state index in [4.69, 9.17) is 9.05 Å². The van der Waals surface area contributed by atoms with Gasteiger partial charge in [0.05, 0.1) is 25.5 Å². The molecular weight excluding hydrogens is 408 g/mol. The van der Waals surface area contributed by atoms with Gasteiger partial charge in [-0.15, -0.1) is 0 Å². The van der Waals surface area contributed by atoms with Crippen LogP contribution in [-0.4, -0.2) is 65.9 Å². The lowest BCUT2D eigenvalue weighted by Gasteiger charge is -2.33. The summed E-state index contributed by atoms with van der Waals surface area (Å²) in [6, 6.07) is 4.04. The van der Waals surface area contributed by atoms with Crippen LogP contribution in [0.1, 0.15) is 22.9 Å². The standard InChI is InChI=1S/C22H28N8O2/c1-15-19(11-23-27(15)3)21-9-17(31-25-21)13-29-5-7-30(8-6-29)14-18-10-22(26-32-18)20-12-24-28(4)16(20)2/h9-12H,5-8,13-14H2,1-4H3. The molecule has 0 unspecified atom stereocenters. The number of hydrogen-bond donors (Lipinski definition) is 0. The molecule has 168 valence electrons. The highest BCUT2D eigenvalue weighted by atomic mass is 16.5. The zero-order valence-corrected chi connectivity index (χ0v) is 18.9. The average molecular weight is 437 g/mol. The van der Waals surface area contributed by atoms with Crippen LogP contribution in [0.4, 0.5) is 0 Å². The molecule has 0 atom stereocenters. The summed E-state index contributed by atoms with van der Waals surface area (Å²) in [7, 11) is 3.86. The van der Waals surface area contributed by atoms with E-state index in [1.165, 1.54) is 0 Å². The van der Waals surface area contributed by atoms with E-state index < -0.39 is 0 Å². The first-order chi connectivity index (χ1) is 15.5. The Morgan fingerprint density at radius 3 is 1.47 bits per heavy atom. The first kappa shape index (κ1) is 20.7. The quantitative estimate of drug-likeness (QED) is 0.455. The van der Waals surface area contributed by atoms with Gasteiger partial charge in [-0.1, -0.05) is 10.3 Å². The van der Waals surface area contributed by atoms with Crippen LogP contribution in [0.3, 0.4) is 0 Å². The van der Waals surface area contributed by atoms with Crippen LogP contribution in [-0.2, 0) is 27.2 Å². The van der Waals surface area contributed by atoms with Gasteiger partial charge in [0.2, 0.25) is 0 Å². The lowest BCUT2D eigenvalue weighted by atomic mass is 10.2. The Morgan fingerprint density at radius 1 is 0.719 bits per heavy atom. The van der Waals surface area contributed by atoms with Crippen LogP contribution in [0.15, 0.2) is 33.6 Å². The van der Waals surface area contributed by atoms with Crippen LogP contribution in [0.25, 0.3) is 22.5 Å². The molecule has 0 amide bonds. The smallest absolute Gasteiger partial charge is 0.151 e. The zero-order chi connectivity index (χ0) is 22.2. The Bertz CT molecular complexity index is 1110. The van der Waals surface area contributed by atoms with E-state index in [1.807, 2.05) is 61.8 Å². The predicted molar refractivity (Wildman–Crippen MR) is 117 cm³/mol. The third-order valence-corrected chi connectivity index (χ3v) is 6.36. The Morgan fingerprint density at radius 2 is 1.12 bits per heavy atom. The van der Waals surface area contributed by atoms with E-state index in [-0.39, 0.29) is 0 Å². The third kappa shape index (κ3) is 3.98. The summed E-state index contributed by atoms with van der Waals surface area (Å²) in [5.41, 5.74) is 5.87. The van der Waals surface area contributed by atoms with E-state index in [0.29, 0.717) is 0 Å². The maximum Gasteiger partial charge on any atom is 0.151 e. The molecule has 0 radical (unpaired) electrons. The Kier molecular flexibility index (Phi) is 5.40. The maximum absolute atomic E-state index is 5.59. The summed E-state index contributed by atoms with van der Waals surface area (Å²) in [5.74, 6) is 1.76. The fourth-order valence-electron chi connectivity index (χ4n) is 4.08. The zero-order valence-electron chi connectivity index (χ0n) is 18.9. The molecule has 0 saturated carbocycles. The van der Waals surface area contributed by atoms with Gasteiger partial charge < -0.3 is 9.05 Å². The van der Waals surface area contributed by atoms with E-state index >= 15 is 0 Å². The maximum atomic E-state index is 5.59. The first-order valence-electron chi connectivity index (χ1n) is 10.8. The second-order valence-corrected chi connectivity index (χ2v) is 8.44. The predicted octanol–water partition coefficient (Wildman–Crippen LogP) is 2.40. The van der Waals surface area contributed by atoms with Crippen molar-refractivity contribution in [2.24, 2.45) is 14.1 Å². The van der Waals surface area contributed by atoms with Gasteiger partial charge in [-0.05, 0) is 13.8 Å². The molecule has 10 heteroatoms. The van der Waals surface area contributed by atoms with Crippen LogP contribution in [0.5, 0.6) is 0 Å². The molecule has 10 nitrogen and oxygen atoms in total. The molecular formula is C22H28N8O2. The van der Waals surface area contributed by atoms with Crippen molar-refractivity contribution in [1.29, 1.82) is 0 Å². The number of aromatic nitrogens is 6.